The second kappa shape index (κ2) is 7.92. The Balaban J connectivity index is 2.03. The zero-order valence-electron chi connectivity index (χ0n) is 14.5. The van der Waals surface area contributed by atoms with E-state index in [2.05, 4.69) is 4.98 Å². The van der Waals surface area contributed by atoms with Crippen LogP contribution in [0.5, 0.6) is 0 Å². The van der Waals surface area contributed by atoms with Crippen LogP contribution in [-0.2, 0) is 37.1 Å². The van der Waals surface area contributed by atoms with Gasteiger partial charge in [0.05, 0.1) is 18.2 Å². The van der Waals surface area contributed by atoms with E-state index in [4.69, 9.17) is 14.2 Å². The van der Waals surface area contributed by atoms with Crippen molar-refractivity contribution >= 4 is 34.7 Å². The van der Waals surface area contributed by atoms with Crippen LogP contribution in [0.25, 0.3) is 11.0 Å². The smallest absolute Gasteiger partial charge is 0.318 e. The van der Waals surface area contributed by atoms with E-state index in [-0.39, 0.29) is 18.8 Å². The average molecular weight is 381 g/mol. The summed E-state index contributed by atoms with van der Waals surface area (Å²) in [6, 6.07) is 1.77. The normalized spacial score (nSPS) is 15.7. The van der Waals surface area contributed by atoms with E-state index in [1.165, 1.54) is 4.57 Å². The van der Waals surface area contributed by atoms with Crippen molar-refractivity contribution in [3.8, 4) is 0 Å². The molecule has 0 saturated heterocycles. The number of hydrogen-bond acceptors (Lipinski definition) is 8. The minimum absolute atomic E-state index is 0.0597. The summed E-state index contributed by atoms with van der Waals surface area (Å²) in [6.07, 6.45) is 1.25. The van der Waals surface area contributed by atoms with Crippen molar-refractivity contribution < 1.29 is 23.8 Å². The van der Waals surface area contributed by atoms with Gasteiger partial charge in [-0.05, 0) is 31.7 Å². The lowest BCUT2D eigenvalue weighted by Crippen LogP contribution is -2.21. The van der Waals surface area contributed by atoms with Crippen LogP contribution in [-0.4, -0.2) is 44.7 Å². The number of thioether (sulfide) groups is 1. The highest BCUT2D eigenvalue weighted by molar-refractivity contribution is 7.99. The summed E-state index contributed by atoms with van der Waals surface area (Å²) in [4.78, 5) is 39.9. The number of carbonyl (C=O) groups is 2. The molecule has 10 heteroatoms. The topological polar surface area (TPSA) is 102 Å². The van der Waals surface area contributed by atoms with Crippen molar-refractivity contribution in [3.05, 3.63) is 22.6 Å². The average Bonchev–Trinajstić information content (AvgIpc) is 2.99. The van der Waals surface area contributed by atoms with Crippen molar-refractivity contribution in [2.75, 3.05) is 12.5 Å². The quantitative estimate of drug-likeness (QED) is 0.441. The summed E-state index contributed by atoms with van der Waals surface area (Å²) >= 11 is 1.11. The Bertz CT molecular complexity index is 888. The fraction of sp³-hybridized carbons (Fsp3) is 0.500. The van der Waals surface area contributed by atoms with Crippen LogP contribution in [0.4, 0.5) is 0 Å². The molecule has 2 aromatic heterocycles. The van der Waals surface area contributed by atoms with E-state index < -0.39 is 23.9 Å². The lowest BCUT2D eigenvalue weighted by atomic mass is 10.4. The van der Waals surface area contributed by atoms with Crippen LogP contribution in [0.1, 0.15) is 20.3 Å². The molecule has 0 fully saturated rings. The molecule has 9 nitrogen and oxygen atoms in total. The molecule has 2 aliphatic rings. The molecule has 0 aliphatic carbocycles. The van der Waals surface area contributed by atoms with Crippen molar-refractivity contribution in [1.82, 2.24) is 14.1 Å². The summed E-state index contributed by atoms with van der Waals surface area (Å²) in [5.41, 5.74) is 0.551. The van der Waals surface area contributed by atoms with Gasteiger partial charge in [-0.15, -0.1) is 0 Å². The van der Waals surface area contributed by atoms with E-state index in [0.717, 1.165) is 11.8 Å². The number of carbonyl (C=O) groups excluding carboxylic acids is 2. The summed E-state index contributed by atoms with van der Waals surface area (Å²) in [5.74, 6) is -1.46. The monoisotopic (exact) mass is 381 g/mol. The highest BCUT2D eigenvalue weighted by Crippen LogP contribution is 2.22. The first-order chi connectivity index (χ1) is 12.5. The Labute approximate surface area is 153 Å². The SMILES string of the molecule is CC(C)OCCn1c2nc(=O)c3c1ccn3COC(=O)CC(=O)OCS2. The van der Waals surface area contributed by atoms with E-state index in [9.17, 15) is 14.4 Å². The summed E-state index contributed by atoms with van der Waals surface area (Å²) in [6.45, 7) is 4.61. The molecule has 2 aliphatic heterocycles. The highest BCUT2D eigenvalue weighted by Gasteiger charge is 2.19. The number of rotatable bonds is 4. The van der Waals surface area contributed by atoms with E-state index >= 15 is 0 Å². The molecule has 4 rings (SSSR count). The molecule has 0 unspecified atom stereocenters. The van der Waals surface area contributed by atoms with Crippen molar-refractivity contribution in [3.63, 3.8) is 0 Å². The minimum Gasteiger partial charge on any atom is -0.454 e. The second-order valence-corrected chi connectivity index (χ2v) is 6.78. The van der Waals surface area contributed by atoms with Crippen LogP contribution in [0.2, 0.25) is 0 Å². The number of hydrogen-bond donors (Lipinski definition) is 0. The first-order valence-corrected chi connectivity index (χ1v) is 9.09. The van der Waals surface area contributed by atoms with Gasteiger partial charge in [-0.25, -0.2) is 0 Å². The van der Waals surface area contributed by atoms with Crippen molar-refractivity contribution in [2.24, 2.45) is 0 Å². The Morgan fingerprint density at radius 1 is 1.27 bits per heavy atom. The first-order valence-electron chi connectivity index (χ1n) is 8.11. The third-order valence-corrected chi connectivity index (χ3v) is 4.50. The van der Waals surface area contributed by atoms with Crippen LogP contribution in [0.15, 0.2) is 22.2 Å². The maximum atomic E-state index is 12.5. The fourth-order valence-corrected chi connectivity index (χ4v) is 3.33. The molecule has 4 bridgehead atoms. The second-order valence-electron chi connectivity index (χ2n) is 5.89. The largest absolute Gasteiger partial charge is 0.454 e. The van der Waals surface area contributed by atoms with Gasteiger partial charge in [0.15, 0.2) is 11.9 Å². The zero-order valence-corrected chi connectivity index (χ0v) is 15.3. The van der Waals surface area contributed by atoms with Gasteiger partial charge < -0.3 is 23.3 Å². The van der Waals surface area contributed by atoms with Gasteiger partial charge >= 0.3 is 11.9 Å². The Morgan fingerprint density at radius 3 is 2.81 bits per heavy atom. The van der Waals surface area contributed by atoms with Crippen molar-refractivity contribution in [1.29, 1.82) is 0 Å². The van der Waals surface area contributed by atoms with Crippen LogP contribution in [0.3, 0.4) is 0 Å². The molecule has 0 aromatic carbocycles. The zero-order chi connectivity index (χ0) is 18.7. The van der Waals surface area contributed by atoms with Gasteiger partial charge in [-0.1, -0.05) is 0 Å². The molecule has 2 aromatic rings. The molecule has 0 atom stereocenters. The predicted molar refractivity (Wildman–Crippen MR) is 92.6 cm³/mol. The van der Waals surface area contributed by atoms with Gasteiger partial charge in [0.2, 0.25) is 0 Å². The molecule has 26 heavy (non-hydrogen) atoms. The Hall–Kier alpha value is -2.33. The first kappa shape index (κ1) is 18.5. The third-order valence-electron chi connectivity index (χ3n) is 3.69. The van der Waals surface area contributed by atoms with Crippen LogP contribution in [0, 0.1) is 0 Å². The number of esters is 2. The predicted octanol–water partition coefficient (Wildman–Crippen LogP) is 1.12. The lowest BCUT2D eigenvalue weighted by Gasteiger charge is -2.15. The Morgan fingerprint density at radius 2 is 2.04 bits per heavy atom. The fourth-order valence-electron chi connectivity index (χ4n) is 2.54. The molecule has 140 valence electrons. The van der Waals surface area contributed by atoms with Gasteiger partial charge in [0.25, 0.3) is 5.56 Å². The minimum atomic E-state index is -0.713. The molecular formula is C16H19N3O6S. The Kier molecular flexibility index (Phi) is 5.62. The molecular weight excluding hydrogens is 362 g/mol. The summed E-state index contributed by atoms with van der Waals surface area (Å²) in [5, 5.41) is 0.423. The van der Waals surface area contributed by atoms with Gasteiger partial charge in [-0.2, -0.15) is 4.98 Å². The standard InChI is InChI=1S/C16H19N3O6S/c1-10(2)23-6-5-19-11-3-4-18-8-24-12(20)7-13(21)25-9-26-16(19)17-15(22)14(11)18/h3-4,10H,5-9H2,1-2H3. The van der Waals surface area contributed by atoms with Crippen LogP contribution >= 0.6 is 11.8 Å². The number of nitrogens with zero attached hydrogens (tertiary/aromatic N) is 3. The molecule has 0 saturated carbocycles. The number of ether oxygens (including phenoxy) is 3. The third kappa shape index (κ3) is 4.07. The number of aromatic nitrogens is 3. The molecule has 4 heterocycles. The van der Waals surface area contributed by atoms with Gasteiger partial charge in [-0.3, -0.25) is 14.4 Å². The molecule has 0 amide bonds. The summed E-state index contributed by atoms with van der Waals surface area (Å²) < 4.78 is 19.0. The highest BCUT2D eigenvalue weighted by atomic mass is 32.2. The van der Waals surface area contributed by atoms with Gasteiger partial charge in [0.1, 0.15) is 17.9 Å². The van der Waals surface area contributed by atoms with Crippen LogP contribution < -0.4 is 5.56 Å². The maximum Gasteiger partial charge on any atom is 0.318 e. The molecule has 0 spiro atoms. The number of fused-ring (bicyclic) bond motifs is 8. The van der Waals surface area contributed by atoms with E-state index in [0.29, 0.717) is 29.3 Å². The molecule has 0 N–H and O–H groups in total. The van der Waals surface area contributed by atoms with E-state index in [1.54, 1.807) is 12.3 Å². The molecule has 0 radical (unpaired) electrons. The van der Waals surface area contributed by atoms with Crippen molar-refractivity contribution in [2.45, 2.75) is 44.8 Å². The lowest BCUT2D eigenvalue weighted by molar-refractivity contribution is -0.155. The van der Waals surface area contributed by atoms with E-state index in [1.807, 2.05) is 18.4 Å². The summed E-state index contributed by atoms with van der Waals surface area (Å²) in [7, 11) is 0. The van der Waals surface area contributed by atoms with Gasteiger partial charge in [0, 0.05) is 12.7 Å². The maximum absolute atomic E-state index is 12.5.